The molecule has 0 radical (unpaired) electrons. The Kier molecular flexibility index (Phi) is 2.25. The van der Waals surface area contributed by atoms with Crippen molar-refractivity contribution in [2.45, 2.75) is 31.2 Å². The lowest BCUT2D eigenvalue weighted by Crippen LogP contribution is -2.51. The quantitative estimate of drug-likeness (QED) is 0.928. The Balaban J connectivity index is 1.46. The maximum absolute atomic E-state index is 12.8. The van der Waals surface area contributed by atoms with E-state index in [4.69, 9.17) is 0 Å². The van der Waals surface area contributed by atoms with Crippen LogP contribution in [0.3, 0.4) is 0 Å². The van der Waals surface area contributed by atoms with Crippen LogP contribution in [0.15, 0.2) is 70.6 Å². The minimum atomic E-state index is -0.202. The molecular formula is C19H16N2O. The van der Waals surface area contributed by atoms with Crippen LogP contribution in [0.25, 0.3) is 0 Å². The Morgan fingerprint density at radius 2 is 1.95 bits per heavy atom. The second-order valence-corrected chi connectivity index (χ2v) is 6.52. The topological polar surface area (TPSA) is 42.0 Å². The predicted molar refractivity (Wildman–Crippen MR) is 83.8 cm³/mol. The molecule has 4 aliphatic carbocycles. The normalized spacial score (nSPS) is 23.0. The molecule has 2 saturated carbocycles. The largest absolute Gasteiger partial charge is 0.343 e. The molecule has 5 rings (SSSR count). The van der Waals surface area contributed by atoms with Gasteiger partial charge in [-0.05, 0) is 77.8 Å². The molecule has 108 valence electrons. The lowest BCUT2D eigenvalue weighted by Gasteiger charge is -2.43. The first-order chi connectivity index (χ1) is 10.8. The van der Waals surface area contributed by atoms with Gasteiger partial charge >= 0.3 is 0 Å². The van der Waals surface area contributed by atoms with Gasteiger partial charge < -0.3 is 5.32 Å². The number of nitrogens with zero attached hydrogens (tertiary/aromatic N) is 1. The summed E-state index contributed by atoms with van der Waals surface area (Å²) in [6, 6.07) is 4.03. The van der Waals surface area contributed by atoms with Gasteiger partial charge in [-0.15, -0.1) is 0 Å². The fourth-order valence-electron chi connectivity index (χ4n) is 3.81. The number of aromatic nitrogens is 1. The molecule has 0 saturated heterocycles. The van der Waals surface area contributed by atoms with E-state index in [2.05, 4.69) is 22.5 Å². The van der Waals surface area contributed by atoms with Crippen LogP contribution in [-0.4, -0.2) is 10.9 Å². The molecule has 1 N–H and O–H groups in total. The molecule has 22 heavy (non-hydrogen) atoms. The summed E-state index contributed by atoms with van der Waals surface area (Å²) >= 11 is 0. The summed E-state index contributed by atoms with van der Waals surface area (Å²) in [4.78, 5) is 16.9. The average Bonchev–Trinajstić information content (AvgIpc) is 2.99. The zero-order valence-corrected chi connectivity index (χ0v) is 12.2. The van der Waals surface area contributed by atoms with Gasteiger partial charge in [0.25, 0.3) is 5.91 Å². The minimum absolute atomic E-state index is 0.0523. The van der Waals surface area contributed by atoms with Crippen molar-refractivity contribution in [3.8, 4) is 0 Å². The predicted octanol–water partition coefficient (Wildman–Crippen LogP) is 3.08. The van der Waals surface area contributed by atoms with Gasteiger partial charge in [-0.1, -0.05) is 6.08 Å². The second kappa shape index (κ2) is 4.07. The molecule has 4 aliphatic rings. The van der Waals surface area contributed by atoms with Crippen molar-refractivity contribution in [3.63, 3.8) is 0 Å². The maximum Gasteiger partial charge on any atom is 0.252 e. The maximum atomic E-state index is 12.8. The summed E-state index contributed by atoms with van der Waals surface area (Å²) in [5.41, 5.74) is 7.02. The van der Waals surface area contributed by atoms with Gasteiger partial charge in [-0.2, -0.15) is 0 Å². The fraction of sp³-hybridized carbons (Fsp3) is 0.263. The molecule has 0 atom stereocenters. The van der Waals surface area contributed by atoms with Crippen molar-refractivity contribution >= 4 is 5.91 Å². The number of amides is 1. The van der Waals surface area contributed by atoms with Crippen molar-refractivity contribution in [2.75, 3.05) is 0 Å². The van der Waals surface area contributed by atoms with E-state index >= 15 is 0 Å². The number of fused-ring (bicyclic) bond motifs is 2. The zero-order valence-electron chi connectivity index (χ0n) is 12.2. The van der Waals surface area contributed by atoms with E-state index in [9.17, 15) is 4.79 Å². The van der Waals surface area contributed by atoms with Crippen LogP contribution in [0, 0.1) is 0 Å². The van der Waals surface area contributed by atoms with Crippen LogP contribution in [0.1, 0.15) is 31.2 Å². The van der Waals surface area contributed by atoms with E-state index in [1.165, 1.54) is 22.3 Å². The van der Waals surface area contributed by atoms with Crippen LogP contribution in [-0.2, 0) is 10.3 Å². The smallest absolute Gasteiger partial charge is 0.252 e. The van der Waals surface area contributed by atoms with E-state index in [0.29, 0.717) is 0 Å². The van der Waals surface area contributed by atoms with Crippen molar-refractivity contribution in [1.82, 2.24) is 10.3 Å². The Morgan fingerprint density at radius 1 is 1.14 bits per heavy atom. The number of hydrogen-bond donors (Lipinski definition) is 1. The van der Waals surface area contributed by atoms with Gasteiger partial charge in [-0.25, -0.2) is 0 Å². The Hall–Kier alpha value is -2.42. The van der Waals surface area contributed by atoms with Gasteiger partial charge in [0.2, 0.25) is 0 Å². The molecule has 0 bridgehead atoms. The third-order valence-corrected chi connectivity index (χ3v) is 5.31. The first-order valence-electron chi connectivity index (χ1n) is 7.87. The molecule has 3 heteroatoms. The van der Waals surface area contributed by atoms with Gasteiger partial charge in [0.15, 0.2) is 0 Å². The minimum Gasteiger partial charge on any atom is -0.343 e. The molecule has 1 aromatic heterocycles. The van der Waals surface area contributed by atoms with E-state index in [1.807, 2.05) is 18.2 Å². The van der Waals surface area contributed by atoms with E-state index < -0.39 is 0 Å². The molecule has 0 spiro atoms. The number of pyridine rings is 1. The summed E-state index contributed by atoms with van der Waals surface area (Å²) in [6.45, 7) is 0. The van der Waals surface area contributed by atoms with Gasteiger partial charge in [0.05, 0.1) is 5.54 Å². The summed E-state index contributed by atoms with van der Waals surface area (Å²) in [5, 5.41) is 3.30. The molecule has 1 heterocycles. The lowest BCUT2D eigenvalue weighted by atomic mass is 9.72. The van der Waals surface area contributed by atoms with Crippen LogP contribution in [0.5, 0.6) is 0 Å². The summed E-state index contributed by atoms with van der Waals surface area (Å²) in [5.74, 6) is 0.0523. The highest BCUT2D eigenvalue weighted by molar-refractivity contribution is 6.02. The lowest BCUT2D eigenvalue weighted by molar-refractivity contribution is -0.120. The van der Waals surface area contributed by atoms with E-state index in [0.717, 1.165) is 36.8 Å². The second-order valence-electron chi connectivity index (χ2n) is 6.52. The highest BCUT2D eigenvalue weighted by Crippen LogP contribution is 2.51. The van der Waals surface area contributed by atoms with Crippen molar-refractivity contribution < 1.29 is 4.79 Å². The average molecular weight is 288 g/mol. The van der Waals surface area contributed by atoms with E-state index in [1.54, 1.807) is 12.4 Å². The number of carbonyl (C=O) groups is 1. The zero-order chi connectivity index (χ0) is 14.7. The molecule has 1 amide bonds. The summed E-state index contributed by atoms with van der Waals surface area (Å²) in [6.07, 6.45) is 14.1. The summed E-state index contributed by atoms with van der Waals surface area (Å²) < 4.78 is 0. The number of carbonyl (C=O) groups excluding carboxylic acids is 1. The first-order valence-corrected chi connectivity index (χ1v) is 7.87. The monoisotopic (exact) mass is 288 g/mol. The van der Waals surface area contributed by atoms with Gasteiger partial charge in [-0.3, -0.25) is 9.78 Å². The van der Waals surface area contributed by atoms with E-state index in [-0.39, 0.29) is 11.4 Å². The van der Waals surface area contributed by atoms with Gasteiger partial charge in [0, 0.05) is 18.0 Å². The Labute approximate surface area is 129 Å². The Morgan fingerprint density at radius 3 is 2.68 bits per heavy atom. The summed E-state index contributed by atoms with van der Waals surface area (Å²) in [7, 11) is 0. The molecule has 3 nitrogen and oxygen atoms in total. The van der Waals surface area contributed by atoms with Crippen molar-refractivity contribution in [1.29, 1.82) is 0 Å². The standard InChI is InChI=1S/C19H16N2O/c22-18(15-3-2-14-16-10-12(16)11-17(14)15)21-19(6-1-7-19)13-4-8-20-9-5-13/h2-5,8-9,11H,1,6-7,10H2,(H,21,22). The number of allylic oxidation sites excluding steroid dienone is 6. The number of hydrogen-bond acceptors (Lipinski definition) is 2. The molecule has 1 aromatic rings. The van der Waals surface area contributed by atoms with Crippen LogP contribution in [0.2, 0.25) is 0 Å². The molecule has 0 aromatic carbocycles. The van der Waals surface area contributed by atoms with Crippen molar-refractivity contribution in [2.24, 2.45) is 0 Å². The fourth-order valence-corrected chi connectivity index (χ4v) is 3.81. The van der Waals surface area contributed by atoms with Crippen LogP contribution < -0.4 is 5.32 Å². The highest BCUT2D eigenvalue weighted by Gasteiger charge is 2.42. The Bertz CT molecular complexity index is 820. The molecule has 0 aliphatic heterocycles. The van der Waals surface area contributed by atoms with Gasteiger partial charge in [0.1, 0.15) is 0 Å². The van der Waals surface area contributed by atoms with Crippen LogP contribution >= 0.6 is 0 Å². The molecular weight excluding hydrogens is 272 g/mol. The number of rotatable bonds is 3. The molecule has 2 fully saturated rings. The van der Waals surface area contributed by atoms with Crippen LogP contribution in [0.4, 0.5) is 0 Å². The molecule has 0 unspecified atom stereocenters. The SMILES string of the molecule is O=C(NC1(c2ccncc2)CCC1)C1=C2C=C3CC3=C2C=C1. The number of nitrogens with one attached hydrogen (secondary N) is 1. The third-order valence-electron chi connectivity index (χ3n) is 5.31. The van der Waals surface area contributed by atoms with Crippen molar-refractivity contribution in [3.05, 3.63) is 76.2 Å². The highest BCUT2D eigenvalue weighted by atomic mass is 16.1. The first kappa shape index (κ1) is 12.2. The third kappa shape index (κ3) is 1.56.